The predicted octanol–water partition coefficient (Wildman–Crippen LogP) is 3.30. The van der Waals surface area contributed by atoms with Gasteiger partial charge in [0.1, 0.15) is 6.04 Å². The number of nitrogens with one attached hydrogen (secondary N) is 2. The van der Waals surface area contributed by atoms with Crippen LogP contribution in [-0.2, 0) is 27.3 Å². The van der Waals surface area contributed by atoms with Crippen molar-refractivity contribution in [1.82, 2.24) is 15.5 Å². The lowest BCUT2D eigenvalue weighted by molar-refractivity contribution is -0.143. The molecule has 39 heavy (non-hydrogen) atoms. The zero-order chi connectivity index (χ0) is 28.0. The number of rotatable bonds is 8. The summed E-state index contributed by atoms with van der Waals surface area (Å²) in [5, 5.41) is 16.8. The largest absolute Gasteiger partial charge is 0.394 e. The molecule has 8 heteroatoms. The minimum absolute atomic E-state index is 0.144. The van der Waals surface area contributed by atoms with E-state index in [-0.39, 0.29) is 24.3 Å². The Kier molecular flexibility index (Phi) is 7.31. The molecular formula is C31H39N3O4S. The highest BCUT2D eigenvalue weighted by molar-refractivity contribution is 8.02. The molecule has 7 nitrogen and oxygen atoms in total. The molecule has 0 aliphatic carbocycles. The van der Waals surface area contributed by atoms with Crippen molar-refractivity contribution in [3.63, 3.8) is 0 Å². The van der Waals surface area contributed by atoms with Crippen LogP contribution in [-0.4, -0.2) is 61.5 Å². The summed E-state index contributed by atoms with van der Waals surface area (Å²) in [7, 11) is 0. The van der Waals surface area contributed by atoms with E-state index < -0.39 is 39.0 Å². The summed E-state index contributed by atoms with van der Waals surface area (Å²) >= 11 is 1.65. The Bertz CT molecular complexity index is 1230. The van der Waals surface area contributed by atoms with E-state index >= 15 is 0 Å². The first-order valence-corrected chi connectivity index (χ1v) is 14.6. The Hall–Kier alpha value is -2.84. The Balaban J connectivity index is 1.51. The van der Waals surface area contributed by atoms with Crippen LogP contribution in [0, 0.1) is 11.8 Å². The van der Waals surface area contributed by atoms with Gasteiger partial charge in [0.05, 0.1) is 29.2 Å². The molecule has 3 aliphatic heterocycles. The van der Waals surface area contributed by atoms with Crippen molar-refractivity contribution in [2.75, 3.05) is 6.61 Å². The zero-order valence-electron chi connectivity index (χ0n) is 23.1. The summed E-state index contributed by atoms with van der Waals surface area (Å²) in [5.41, 5.74) is 1.48. The third-order valence-electron chi connectivity index (χ3n) is 8.47. The van der Waals surface area contributed by atoms with Crippen LogP contribution < -0.4 is 10.6 Å². The summed E-state index contributed by atoms with van der Waals surface area (Å²) in [6.07, 6.45) is 1.85. The smallest absolute Gasteiger partial charge is 0.244 e. The summed E-state index contributed by atoms with van der Waals surface area (Å²) < 4.78 is -1.17. The highest BCUT2D eigenvalue weighted by atomic mass is 32.2. The number of nitrogens with zero attached hydrogens (tertiary/aromatic N) is 1. The molecule has 3 N–H and O–H groups in total. The summed E-state index contributed by atoms with van der Waals surface area (Å²) in [6, 6.07) is 18.1. The SMILES string of the molecule is CC(C)(C)NC(=O)C1N([C@@H](CO)Cc2ccccc2)C(=O)[C@@H]2[C@@H](C(=O)NCc3ccccc3)[C@@]3(C)CCC12S3. The van der Waals surface area contributed by atoms with Crippen molar-refractivity contribution in [2.24, 2.45) is 11.8 Å². The maximum Gasteiger partial charge on any atom is 0.244 e. The second-order valence-corrected chi connectivity index (χ2v) is 14.3. The van der Waals surface area contributed by atoms with E-state index in [9.17, 15) is 19.5 Å². The van der Waals surface area contributed by atoms with Crippen LogP contribution in [0.1, 0.15) is 51.7 Å². The molecule has 3 saturated heterocycles. The molecule has 3 heterocycles. The fourth-order valence-corrected chi connectivity index (χ4v) is 9.27. The quantitative estimate of drug-likeness (QED) is 0.469. The molecule has 3 amide bonds. The van der Waals surface area contributed by atoms with E-state index in [2.05, 4.69) is 17.6 Å². The van der Waals surface area contributed by atoms with Gasteiger partial charge in [-0.3, -0.25) is 14.4 Å². The highest BCUT2D eigenvalue weighted by Crippen LogP contribution is 2.71. The fourth-order valence-electron chi connectivity index (χ4n) is 6.93. The number of fused-ring (bicyclic) bond motifs is 1. The predicted molar refractivity (Wildman–Crippen MR) is 153 cm³/mol. The van der Waals surface area contributed by atoms with E-state index in [4.69, 9.17) is 0 Å². The average molecular weight is 550 g/mol. The third-order valence-corrected chi connectivity index (χ3v) is 10.5. The van der Waals surface area contributed by atoms with Gasteiger partial charge in [0.2, 0.25) is 17.7 Å². The first-order chi connectivity index (χ1) is 18.5. The lowest BCUT2D eigenvalue weighted by Crippen LogP contribution is -2.59. The van der Waals surface area contributed by atoms with Gasteiger partial charge in [-0.1, -0.05) is 60.7 Å². The van der Waals surface area contributed by atoms with Crippen molar-refractivity contribution in [1.29, 1.82) is 0 Å². The molecule has 0 radical (unpaired) electrons. The minimum atomic E-state index is -0.770. The van der Waals surface area contributed by atoms with Gasteiger partial charge in [0, 0.05) is 16.8 Å². The number of carbonyl (C=O) groups excluding carboxylic acids is 3. The number of hydrogen-bond acceptors (Lipinski definition) is 5. The van der Waals surface area contributed by atoms with Crippen molar-refractivity contribution in [3.05, 3.63) is 71.8 Å². The van der Waals surface area contributed by atoms with E-state index in [0.29, 0.717) is 19.4 Å². The maximum atomic E-state index is 14.4. The summed E-state index contributed by atoms with van der Waals surface area (Å²) in [5.74, 6) is -1.74. The molecular weight excluding hydrogens is 510 g/mol. The van der Waals surface area contributed by atoms with Crippen LogP contribution in [0.3, 0.4) is 0 Å². The lowest BCUT2D eigenvalue weighted by atomic mass is 9.66. The summed E-state index contributed by atoms with van der Waals surface area (Å²) in [4.78, 5) is 43.9. The monoisotopic (exact) mass is 549 g/mol. The second kappa shape index (κ2) is 10.3. The molecule has 3 aliphatic rings. The number of likely N-dealkylation sites (tertiary alicyclic amines) is 1. The van der Waals surface area contributed by atoms with Gasteiger partial charge in [-0.05, 0) is 58.1 Å². The van der Waals surface area contributed by atoms with Gasteiger partial charge in [-0.15, -0.1) is 11.8 Å². The van der Waals surface area contributed by atoms with Crippen LogP contribution in [0.4, 0.5) is 0 Å². The standard InChI is InChI=1S/C31H39N3O4S/c1-29(2,3)33-27(37)25-31-16-15-30(4,39-31)23(26(36)32-18-21-13-9-6-10-14-21)24(31)28(38)34(25)22(19-35)17-20-11-7-5-8-12-20/h5-14,22-25,35H,15-19H2,1-4H3,(H,32,36)(H,33,37)/t22-,23+,24+,25?,30-,31?/m1/s1. The average Bonchev–Trinajstić information content (AvgIpc) is 3.47. The maximum absolute atomic E-state index is 14.4. The molecule has 2 unspecified atom stereocenters. The van der Waals surface area contributed by atoms with Crippen LogP contribution in [0.15, 0.2) is 60.7 Å². The fraction of sp³-hybridized carbons (Fsp3) is 0.516. The first-order valence-electron chi connectivity index (χ1n) is 13.8. The molecule has 5 rings (SSSR count). The number of aliphatic hydroxyl groups excluding tert-OH is 1. The van der Waals surface area contributed by atoms with E-state index in [1.807, 2.05) is 81.4 Å². The van der Waals surface area contributed by atoms with Crippen molar-refractivity contribution in [3.8, 4) is 0 Å². The highest BCUT2D eigenvalue weighted by Gasteiger charge is 2.77. The van der Waals surface area contributed by atoms with Crippen molar-refractivity contribution >= 4 is 29.5 Å². The Labute approximate surface area is 235 Å². The van der Waals surface area contributed by atoms with E-state index in [0.717, 1.165) is 17.5 Å². The van der Waals surface area contributed by atoms with Crippen LogP contribution in [0.5, 0.6) is 0 Å². The molecule has 0 aromatic heterocycles. The molecule has 1 spiro atoms. The van der Waals surface area contributed by atoms with Gasteiger partial charge in [-0.2, -0.15) is 0 Å². The molecule has 6 atom stereocenters. The van der Waals surface area contributed by atoms with Gasteiger partial charge in [0.15, 0.2) is 0 Å². The number of amides is 3. The third kappa shape index (κ3) is 4.97. The Morgan fingerprint density at radius 1 is 1.03 bits per heavy atom. The zero-order valence-corrected chi connectivity index (χ0v) is 24.0. The van der Waals surface area contributed by atoms with Crippen LogP contribution >= 0.6 is 11.8 Å². The Morgan fingerprint density at radius 3 is 2.23 bits per heavy atom. The number of thioether (sulfide) groups is 1. The van der Waals surface area contributed by atoms with Gasteiger partial charge in [-0.25, -0.2) is 0 Å². The number of carbonyl (C=O) groups is 3. The van der Waals surface area contributed by atoms with Gasteiger partial charge < -0.3 is 20.6 Å². The Morgan fingerprint density at radius 2 is 1.64 bits per heavy atom. The molecule has 2 bridgehead atoms. The summed E-state index contributed by atoms with van der Waals surface area (Å²) in [6.45, 7) is 7.96. The number of benzene rings is 2. The topological polar surface area (TPSA) is 98.7 Å². The minimum Gasteiger partial charge on any atom is -0.394 e. The van der Waals surface area contributed by atoms with E-state index in [1.54, 1.807) is 16.7 Å². The lowest BCUT2D eigenvalue weighted by Gasteiger charge is -2.38. The van der Waals surface area contributed by atoms with Crippen molar-refractivity contribution in [2.45, 2.75) is 80.6 Å². The van der Waals surface area contributed by atoms with Gasteiger partial charge in [0.25, 0.3) is 0 Å². The van der Waals surface area contributed by atoms with E-state index in [1.165, 1.54) is 0 Å². The number of aliphatic hydroxyl groups is 1. The molecule has 2 aromatic carbocycles. The molecule has 3 fully saturated rings. The second-order valence-electron chi connectivity index (χ2n) is 12.4. The number of hydrogen-bond donors (Lipinski definition) is 3. The van der Waals surface area contributed by atoms with Gasteiger partial charge >= 0.3 is 0 Å². The van der Waals surface area contributed by atoms with Crippen LogP contribution in [0.2, 0.25) is 0 Å². The van der Waals surface area contributed by atoms with Crippen molar-refractivity contribution < 1.29 is 19.5 Å². The first kappa shape index (κ1) is 27.7. The molecule has 208 valence electrons. The van der Waals surface area contributed by atoms with Crippen LogP contribution in [0.25, 0.3) is 0 Å². The molecule has 0 saturated carbocycles. The molecule has 2 aromatic rings. The normalized spacial score (nSPS) is 30.2.